The maximum Gasteiger partial charge on any atom is 0.341 e. The maximum atomic E-state index is 13.3. The van der Waals surface area contributed by atoms with E-state index in [4.69, 9.17) is 28.6 Å². The highest BCUT2D eigenvalue weighted by Crippen LogP contribution is 2.36. The number of hydrogen-bond donors (Lipinski definition) is 2. The SMILES string of the molecule is CCOC(=O)c1cc(-c2ccccc2)sc1NC(=S)Nc1cnn(Cc2ccc(F)cc2Cl)c1. The molecule has 0 bridgehead atoms. The molecule has 10 heteroatoms. The van der Waals surface area contributed by atoms with Crippen molar-refractivity contribution in [3.8, 4) is 10.4 Å². The fraction of sp³-hybridized carbons (Fsp3) is 0.125. The molecular formula is C24H20ClFN4O2S2. The van der Waals surface area contributed by atoms with E-state index in [1.807, 2.05) is 30.3 Å². The molecule has 0 saturated carbocycles. The number of carbonyl (C=O) groups is 1. The predicted molar refractivity (Wildman–Crippen MR) is 138 cm³/mol. The second-order valence-electron chi connectivity index (χ2n) is 7.18. The number of nitrogens with zero attached hydrogens (tertiary/aromatic N) is 2. The van der Waals surface area contributed by atoms with Crippen molar-refractivity contribution in [2.75, 3.05) is 17.2 Å². The summed E-state index contributed by atoms with van der Waals surface area (Å²) >= 11 is 13.0. The molecule has 0 radical (unpaired) electrons. The molecule has 6 nitrogen and oxygen atoms in total. The third kappa shape index (κ3) is 5.80. The highest BCUT2D eigenvalue weighted by molar-refractivity contribution is 7.80. The van der Waals surface area contributed by atoms with Crippen LogP contribution in [-0.2, 0) is 11.3 Å². The summed E-state index contributed by atoms with van der Waals surface area (Å²) < 4.78 is 20.1. The number of ether oxygens (including phenoxy) is 1. The molecule has 2 aromatic heterocycles. The average molecular weight is 515 g/mol. The molecule has 34 heavy (non-hydrogen) atoms. The van der Waals surface area contributed by atoms with Gasteiger partial charge in [0.15, 0.2) is 5.11 Å². The number of anilines is 2. The molecule has 0 amide bonds. The topological polar surface area (TPSA) is 68.2 Å². The van der Waals surface area contributed by atoms with E-state index in [0.717, 1.165) is 16.0 Å². The minimum absolute atomic E-state index is 0.273. The van der Waals surface area contributed by atoms with Gasteiger partial charge in [-0.25, -0.2) is 9.18 Å². The second-order valence-corrected chi connectivity index (χ2v) is 9.05. The highest BCUT2D eigenvalue weighted by atomic mass is 35.5. The Morgan fingerprint density at radius 3 is 2.74 bits per heavy atom. The van der Waals surface area contributed by atoms with Crippen LogP contribution < -0.4 is 10.6 Å². The molecule has 0 aliphatic carbocycles. The Kier molecular flexibility index (Phi) is 7.56. The maximum absolute atomic E-state index is 13.3. The molecule has 0 saturated heterocycles. The molecule has 0 unspecified atom stereocenters. The van der Waals surface area contributed by atoms with Crippen molar-refractivity contribution in [1.82, 2.24) is 9.78 Å². The number of carbonyl (C=O) groups excluding carboxylic acids is 1. The van der Waals surface area contributed by atoms with Crippen molar-refractivity contribution in [1.29, 1.82) is 0 Å². The third-order valence-corrected chi connectivity index (χ3v) is 6.41. The Hall–Kier alpha value is -3.27. The van der Waals surface area contributed by atoms with E-state index < -0.39 is 5.97 Å². The van der Waals surface area contributed by atoms with Crippen LogP contribution in [0.4, 0.5) is 15.1 Å². The Bertz CT molecular complexity index is 1320. The number of halogens is 2. The first-order chi connectivity index (χ1) is 16.4. The molecule has 174 valence electrons. The molecule has 2 N–H and O–H groups in total. The Morgan fingerprint density at radius 2 is 2.00 bits per heavy atom. The van der Waals surface area contributed by atoms with Crippen molar-refractivity contribution in [2.24, 2.45) is 0 Å². The molecule has 0 aliphatic heterocycles. The van der Waals surface area contributed by atoms with Crippen molar-refractivity contribution in [3.05, 3.63) is 89.0 Å². The number of benzene rings is 2. The van der Waals surface area contributed by atoms with Crippen LogP contribution in [0.3, 0.4) is 0 Å². The molecule has 0 fully saturated rings. The van der Waals surface area contributed by atoms with Gasteiger partial charge in [0.2, 0.25) is 0 Å². The first-order valence-corrected chi connectivity index (χ1v) is 11.9. The summed E-state index contributed by atoms with van der Waals surface area (Å²) in [6.07, 6.45) is 3.37. The van der Waals surface area contributed by atoms with E-state index in [2.05, 4.69) is 15.7 Å². The molecule has 0 spiro atoms. The highest BCUT2D eigenvalue weighted by Gasteiger charge is 2.19. The number of hydrogen-bond acceptors (Lipinski definition) is 5. The Morgan fingerprint density at radius 1 is 1.21 bits per heavy atom. The largest absolute Gasteiger partial charge is 0.462 e. The van der Waals surface area contributed by atoms with Gasteiger partial charge in [-0.3, -0.25) is 4.68 Å². The standard InChI is InChI=1S/C24H20ClFN4O2S2/c1-2-32-23(31)19-11-21(15-6-4-3-5-7-15)34-22(19)29-24(33)28-18-12-27-30(14-18)13-16-8-9-17(26)10-20(16)25/h3-12,14H,2,13H2,1H3,(H2,28,29,33). The summed E-state index contributed by atoms with van der Waals surface area (Å²) in [4.78, 5) is 13.4. The van der Waals surface area contributed by atoms with Gasteiger partial charge in [0.05, 0.1) is 30.6 Å². The average Bonchev–Trinajstić information content (AvgIpc) is 3.43. The van der Waals surface area contributed by atoms with E-state index >= 15 is 0 Å². The van der Waals surface area contributed by atoms with E-state index in [1.165, 1.54) is 23.5 Å². The normalized spacial score (nSPS) is 10.7. The lowest BCUT2D eigenvalue weighted by Crippen LogP contribution is -2.19. The zero-order chi connectivity index (χ0) is 24.1. The lowest BCUT2D eigenvalue weighted by molar-refractivity contribution is 0.0528. The summed E-state index contributed by atoms with van der Waals surface area (Å²) in [5, 5.41) is 11.7. The van der Waals surface area contributed by atoms with Gasteiger partial charge in [-0.15, -0.1) is 11.3 Å². The summed E-state index contributed by atoms with van der Waals surface area (Å²) in [5.74, 6) is -0.811. The van der Waals surface area contributed by atoms with Gasteiger partial charge in [-0.2, -0.15) is 5.10 Å². The number of thiocarbonyl (C=S) groups is 1. The van der Waals surface area contributed by atoms with Gasteiger partial charge in [0.1, 0.15) is 10.8 Å². The van der Waals surface area contributed by atoms with Crippen LogP contribution in [0.2, 0.25) is 5.02 Å². The van der Waals surface area contributed by atoms with Crippen LogP contribution in [0.15, 0.2) is 67.0 Å². The summed E-state index contributed by atoms with van der Waals surface area (Å²) in [5.41, 5.74) is 2.79. The van der Waals surface area contributed by atoms with Gasteiger partial charge in [0, 0.05) is 16.1 Å². The summed E-state index contributed by atoms with van der Waals surface area (Å²) in [6, 6.07) is 15.8. The zero-order valence-corrected chi connectivity index (χ0v) is 20.4. The first kappa shape index (κ1) is 23.9. The van der Waals surface area contributed by atoms with Gasteiger partial charge in [0.25, 0.3) is 0 Å². The van der Waals surface area contributed by atoms with Gasteiger partial charge in [-0.1, -0.05) is 48.0 Å². The van der Waals surface area contributed by atoms with Crippen LogP contribution in [0.25, 0.3) is 10.4 Å². The zero-order valence-electron chi connectivity index (χ0n) is 18.0. The van der Waals surface area contributed by atoms with Crippen LogP contribution >= 0.6 is 35.2 Å². The van der Waals surface area contributed by atoms with Crippen molar-refractivity contribution in [3.63, 3.8) is 0 Å². The summed E-state index contributed by atoms with van der Waals surface area (Å²) in [6.45, 7) is 2.41. The Labute approximate surface area is 210 Å². The second kappa shape index (κ2) is 10.8. The van der Waals surface area contributed by atoms with Crippen molar-refractivity contribution >= 4 is 56.9 Å². The summed E-state index contributed by atoms with van der Waals surface area (Å²) in [7, 11) is 0. The molecule has 4 aromatic rings. The molecule has 2 heterocycles. The van der Waals surface area contributed by atoms with E-state index in [1.54, 1.807) is 36.1 Å². The Balaban J connectivity index is 1.47. The molecule has 2 aromatic carbocycles. The predicted octanol–water partition coefficient (Wildman–Crippen LogP) is 6.44. The number of esters is 1. The number of nitrogens with one attached hydrogen (secondary N) is 2. The van der Waals surface area contributed by atoms with Crippen molar-refractivity contribution in [2.45, 2.75) is 13.5 Å². The smallest absolute Gasteiger partial charge is 0.341 e. The van der Waals surface area contributed by atoms with Crippen LogP contribution in [0, 0.1) is 5.82 Å². The van der Waals surface area contributed by atoms with E-state index in [9.17, 15) is 9.18 Å². The van der Waals surface area contributed by atoms with E-state index in [-0.39, 0.29) is 12.4 Å². The van der Waals surface area contributed by atoms with Gasteiger partial charge < -0.3 is 15.4 Å². The third-order valence-electron chi connectivity index (χ3n) is 4.75. The number of aromatic nitrogens is 2. The molecule has 0 aliphatic rings. The molecular weight excluding hydrogens is 495 g/mol. The lowest BCUT2D eigenvalue weighted by Gasteiger charge is -2.09. The minimum atomic E-state index is -0.421. The van der Waals surface area contributed by atoms with Gasteiger partial charge in [-0.05, 0) is 48.5 Å². The quantitative estimate of drug-likeness (QED) is 0.218. The fourth-order valence-corrected chi connectivity index (χ4v) is 4.76. The van der Waals surface area contributed by atoms with Crippen LogP contribution in [0.1, 0.15) is 22.8 Å². The first-order valence-electron chi connectivity index (χ1n) is 10.3. The minimum Gasteiger partial charge on any atom is -0.462 e. The monoisotopic (exact) mass is 514 g/mol. The lowest BCUT2D eigenvalue weighted by atomic mass is 10.1. The fourth-order valence-electron chi connectivity index (χ4n) is 3.19. The van der Waals surface area contributed by atoms with Crippen molar-refractivity contribution < 1.29 is 13.9 Å². The van der Waals surface area contributed by atoms with Gasteiger partial charge >= 0.3 is 5.97 Å². The van der Waals surface area contributed by atoms with E-state index in [0.29, 0.717) is 32.9 Å². The molecule has 4 rings (SSSR count). The number of rotatable bonds is 7. The van der Waals surface area contributed by atoms with Crippen LogP contribution in [-0.4, -0.2) is 27.5 Å². The molecule has 0 atom stereocenters. The number of thiophene rings is 1. The van der Waals surface area contributed by atoms with Crippen LogP contribution in [0.5, 0.6) is 0 Å².